The number of ether oxygens (including phenoxy) is 2. The predicted octanol–water partition coefficient (Wildman–Crippen LogP) is 1.94. The van der Waals surface area contributed by atoms with Gasteiger partial charge in [-0.25, -0.2) is 0 Å². The molecule has 4 nitrogen and oxygen atoms in total. The average Bonchev–Trinajstić information content (AvgIpc) is 2.45. The van der Waals surface area contributed by atoms with Crippen molar-refractivity contribution in [1.29, 1.82) is 0 Å². The second-order valence-electron chi connectivity index (χ2n) is 4.87. The van der Waals surface area contributed by atoms with E-state index < -0.39 is 10.8 Å². The Hall–Kier alpha value is -1.07. The number of nitrogens with two attached hydrogens (primary N) is 1. The molecular formula is C14H21NO3S. The van der Waals surface area contributed by atoms with E-state index in [1.54, 1.807) is 6.07 Å². The van der Waals surface area contributed by atoms with E-state index in [1.807, 2.05) is 12.1 Å². The number of hydrogen-bond acceptors (Lipinski definition) is 4. The van der Waals surface area contributed by atoms with Crippen LogP contribution in [0.3, 0.4) is 0 Å². The van der Waals surface area contributed by atoms with E-state index in [1.165, 1.54) is 0 Å². The second kappa shape index (κ2) is 6.39. The summed E-state index contributed by atoms with van der Waals surface area (Å²) in [5.41, 5.74) is 6.05. The predicted molar refractivity (Wildman–Crippen MR) is 76.1 cm³/mol. The van der Waals surface area contributed by atoms with Crippen LogP contribution in [0.4, 0.5) is 0 Å². The maximum absolute atomic E-state index is 12.3. The highest BCUT2D eigenvalue weighted by Crippen LogP contribution is 2.31. The van der Waals surface area contributed by atoms with Gasteiger partial charge in [-0.1, -0.05) is 20.3 Å². The molecule has 5 heteroatoms. The summed E-state index contributed by atoms with van der Waals surface area (Å²) < 4.78 is 23.2. The van der Waals surface area contributed by atoms with Crippen molar-refractivity contribution >= 4 is 10.8 Å². The summed E-state index contributed by atoms with van der Waals surface area (Å²) >= 11 is 0. The zero-order chi connectivity index (χ0) is 13.8. The molecular weight excluding hydrogens is 262 g/mol. The number of benzene rings is 1. The molecule has 2 rings (SSSR count). The highest BCUT2D eigenvalue weighted by Gasteiger charge is 2.18. The highest BCUT2D eigenvalue weighted by atomic mass is 32.2. The second-order valence-corrected chi connectivity index (χ2v) is 6.36. The Morgan fingerprint density at radius 1 is 1.32 bits per heavy atom. The van der Waals surface area contributed by atoms with Crippen LogP contribution in [0.25, 0.3) is 0 Å². The molecule has 19 heavy (non-hydrogen) atoms. The highest BCUT2D eigenvalue weighted by molar-refractivity contribution is 7.85. The van der Waals surface area contributed by atoms with Gasteiger partial charge >= 0.3 is 0 Å². The molecule has 0 saturated heterocycles. The van der Waals surface area contributed by atoms with Crippen LogP contribution in [0, 0.1) is 5.92 Å². The summed E-state index contributed by atoms with van der Waals surface area (Å²) in [7, 11) is -1.09. The molecule has 0 amide bonds. The van der Waals surface area contributed by atoms with E-state index >= 15 is 0 Å². The molecule has 0 radical (unpaired) electrons. The fourth-order valence-electron chi connectivity index (χ4n) is 1.90. The molecule has 1 aromatic carbocycles. The minimum absolute atomic E-state index is 0.0426. The van der Waals surface area contributed by atoms with Crippen molar-refractivity contribution in [3.63, 3.8) is 0 Å². The lowest BCUT2D eigenvalue weighted by atomic mass is 10.0. The van der Waals surface area contributed by atoms with Gasteiger partial charge in [0.1, 0.15) is 13.2 Å². The topological polar surface area (TPSA) is 61.6 Å². The van der Waals surface area contributed by atoms with Gasteiger partial charge < -0.3 is 15.2 Å². The average molecular weight is 283 g/mol. The quantitative estimate of drug-likeness (QED) is 0.897. The zero-order valence-electron chi connectivity index (χ0n) is 11.4. The molecule has 2 N–H and O–H groups in total. The lowest BCUT2D eigenvalue weighted by Gasteiger charge is -2.20. The molecule has 0 spiro atoms. The molecule has 0 saturated carbocycles. The monoisotopic (exact) mass is 283 g/mol. The van der Waals surface area contributed by atoms with Crippen LogP contribution in [0.5, 0.6) is 11.5 Å². The number of hydrogen-bond donors (Lipinski definition) is 1. The minimum atomic E-state index is -1.09. The van der Waals surface area contributed by atoms with Crippen molar-refractivity contribution < 1.29 is 13.7 Å². The minimum Gasteiger partial charge on any atom is -0.486 e. The van der Waals surface area contributed by atoms with Crippen molar-refractivity contribution in [2.45, 2.75) is 31.2 Å². The molecule has 1 aromatic rings. The van der Waals surface area contributed by atoms with Crippen LogP contribution >= 0.6 is 0 Å². The molecule has 0 aromatic heterocycles. The van der Waals surface area contributed by atoms with Crippen molar-refractivity contribution in [3.8, 4) is 11.5 Å². The first-order chi connectivity index (χ1) is 9.11. The molecule has 0 bridgehead atoms. The van der Waals surface area contributed by atoms with Crippen molar-refractivity contribution in [2.75, 3.05) is 19.0 Å². The molecule has 106 valence electrons. The Morgan fingerprint density at radius 2 is 2.00 bits per heavy atom. The first-order valence-electron chi connectivity index (χ1n) is 6.65. The Balaban J connectivity index is 2.07. The summed E-state index contributed by atoms with van der Waals surface area (Å²) in [4.78, 5) is 0.753. The third-order valence-electron chi connectivity index (χ3n) is 3.50. The largest absolute Gasteiger partial charge is 0.486 e. The SMILES string of the molecule is CCC(C)C(N)CS(=O)c1ccc2c(c1)OCCO2. The standard InChI is InChI=1S/C14H21NO3S/c1-3-10(2)12(15)9-19(16)11-4-5-13-14(8-11)18-7-6-17-13/h4-5,8,10,12H,3,6-7,9,15H2,1-2H3. The molecule has 1 aliphatic rings. The Labute approximate surface area is 116 Å². The third-order valence-corrected chi connectivity index (χ3v) is 4.96. The molecule has 3 atom stereocenters. The van der Waals surface area contributed by atoms with E-state index in [2.05, 4.69) is 13.8 Å². The van der Waals surface area contributed by atoms with Gasteiger partial charge in [0.25, 0.3) is 0 Å². The third kappa shape index (κ3) is 3.48. The first kappa shape index (κ1) is 14.3. The van der Waals surface area contributed by atoms with Gasteiger partial charge in [0.05, 0.1) is 10.8 Å². The lowest BCUT2D eigenvalue weighted by molar-refractivity contribution is 0.171. The Morgan fingerprint density at radius 3 is 2.68 bits per heavy atom. The summed E-state index contributed by atoms with van der Waals surface area (Å²) in [6.45, 7) is 5.28. The van der Waals surface area contributed by atoms with Crippen LogP contribution < -0.4 is 15.2 Å². The summed E-state index contributed by atoms with van der Waals surface area (Å²) in [5, 5.41) is 0. The number of fused-ring (bicyclic) bond motifs is 1. The van der Waals surface area contributed by atoms with E-state index in [4.69, 9.17) is 15.2 Å². The van der Waals surface area contributed by atoms with Gasteiger partial charge in [-0.3, -0.25) is 4.21 Å². The van der Waals surface area contributed by atoms with Gasteiger partial charge in [-0.05, 0) is 18.1 Å². The fourth-order valence-corrected chi connectivity index (χ4v) is 3.23. The van der Waals surface area contributed by atoms with E-state index in [0.29, 0.717) is 30.6 Å². The molecule has 1 aliphatic heterocycles. The van der Waals surface area contributed by atoms with Gasteiger partial charge in [-0.2, -0.15) is 0 Å². The number of rotatable bonds is 5. The molecule has 0 aliphatic carbocycles. The van der Waals surface area contributed by atoms with Crippen LogP contribution in [0.2, 0.25) is 0 Å². The molecule has 0 fully saturated rings. The maximum Gasteiger partial charge on any atom is 0.162 e. The summed E-state index contributed by atoms with van der Waals surface area (Å²) in [6.07, 6.45) is 1.000. The van der Waals surface area contributed by atoms with Gasteiger partial charge in [0, 0.05) is 22.8 Å². The van der Waals surface area contributed by atoms with Crippen molar-refractivity contribution in [3.05, 3.63) is 18.2 Å². The maximum atomic E-state index is 12.3. The van der Waals surface area contributed by atoms with Gasteiger partial charge in [0.2, 0.25) is 0 Å². The normalized spacial score (nSPS) is 18.7. The van der Waals surface area contributed by atoms with Crippen LogP contribution in [-0.4, -0.2) is 29.2 Å². The lowest BCUT2D eigenvalue weighted by Crippen LogP contribution is -2.33. The van der Waals surface area contributed by atoms with Crippen molar-refractivity contribution in [2.24, 2.45) is 11.7 Å². The molecule has 3 unspecified atom stereocenters. The van der Waals surface area contributed by atoms with E-state index in [0.717, 1.165) is 17.1 Å². The van der Waals surface area contributed by atoms with Crippen LogP contribution in [-0.2, 0) is 10.8 Å². The van der Waals surface area contributed by atoms with Crippen molar-refractivity contribution in [1.82, 2.24) is 0 Å². The first-order valence-corrected chi connectivity index (χ1v) is 7.97. The molecule has 1 heterocycles. The van der Waals surface area contributed by atoms with Crippen LogP contribution in [0.1, 0.15) is 20.3 Å². The fraction of sp³-hybridized carbons (Fsp3) is 0.571. The zero-order valence-corrected chi connectivity index (χ0v) is 12.2. The Bertz CT molecular complexity index is 464. The smallest absolute Gasteiger partial charge is 0.162 e. The van der Waals surface area contributed by atoms with E-state index in [-0.39, 0.29) is 6.04 Å². The van der Waals surface area contributed by atoms with E-state index in [9.17, 15) is 4.21 Å². The van der Waals surface area contributed by atoms with Crippen LogP contribution in [0.15, 0.2) is 23.1 Å². The van der Waals surface area contributed by atoms with Gasteiger partial charge in [0.15, 0.2) is 11.5 Å². The summed E-state index contributed by atoms with van der Waals surface area (Å²) in [6, 6.07) is 5.40. The summed E-state index contributed by atoms with van der Waals surface area (Å²) in [5.74, 6) is 2.25. The van der Waals surface area contributed by atoms with Gasteiger partial charge in [-0.15, -0.1) is 0 Å². The Kier molecular flexibility index (Phi) is 4.82.